The molecule has 1 atom stereocenters. The number of aliphatic carboxylic acids is 1. The van der Waals surface area contributed by atoms with Crippen molar-refractivity contribution in [1.82, 2.24) is 0 Å². The fraction of sp³-hybridized carbons (Fsp3) is 0.364. The summed E-state index contributed by atoms with van der Waals surface area (Å²) in [5, 5.41) is 10.8. The molecule has 1 aromatic carbocycles. The van der Waals surface area contributed by atoms with Gasteiger partial charge in [-0.15, -0.1) is 0 Å². The van der Waals surface area contributed by atoms with Crippen molar-refractivity contribution in [3.8, 4) is 0 Å². The highest BCUT2D eigenvalue weighted by atomic mass is 19.4. The second-order valence-electron chi connectivity index (χ2n) is 3.73. The summed E-state index contributed by atoms with van der Waals surface area (Å²) in [6, 6.07) is 3.88. The van der Waals surface area contributed by atoms with E-state index in [1.807, 2.05) is 0 Å². The Hall–Kier alpha value is -1.79. The van der Waals surface area contributed by atoms with Crippen LogP contribution >= 0.6 is 0 Å². The molecule has 0 heterocycles. The minimum Gasteiger partial charge on any atom is -0.481 e. The predicted molar refractivity (Wildman–Crippen MR) is 56.8 cm³/mol. The molecular formula is C11H11F4NO2. The second kappa shape index (κ2) is 5.24. The van der Waals surface area contributed by atoms with Gasteiger partial charge in [0, 0.05) is 17.8 Å². The Morgan fingerprint density at radius 3 is 2.56 bits per heavy atom. The second-order valence-corrected chi connectivity index (χ2v) is 3.73. The van der Waals surface area contributed by atoms with E-state index in [9.17, 15) is 22.4 Å². The molecule has 0 saturated carbocycles. The summed E-state index contributed by atoms with van der Waals surface area (Å²) >= 11 is 0. The van der Waals surface area contributed by atoms with E-state index < -0.39 is 30.4 Å². The van der Waals surface area contributed by atoms with E-state index in [1.54, 1.807) is 0 Å². The number of carboxylic acid groups (broad SMARTS) is 1. The molecule has 0 fully saturated rings. The highest BCUT2D eigenvalue weighted by Crippen LogP contribution is 2.27. The number of nitrogens with one attached hydrogen (secondary N) is 1. The number of hydrogen-bond donors (Lipinski definition) is 2. The first kappa shape index (κ1) is 14.3. The number of rotatable bonds is 4. The molecule has 100 valence electrons. The van der Waals surface area contributed by atoms with Gasteiger partial charge in [-0.25, -0.2) is 4.39 Å². The number of hydrogen-bond acceptors (Lipinski definition) is 2. The molecule has 18 heavy (non-hydrogen) atoms. The smallest absolute Gasteiger partial charge is 0.403 e. The van der Waals surface area contributed by atoms with Gasteiger partial charge in [-0.2, -0.15) is 13.2 Å². The van der Waals surface area contributed by atoms with Gasteiger partial charge in [0.05, 0.1) is 0 Å². The van der Waals surface area contributed by atoms with E-state index in [0.717, 1.165) is 0 Å². The number of benzene rings is 1. The van der Waals surface area contributed by atoms with Gasteiger partial charge in [0.2, 0.25) is 0 Å². The van der Waals surface area contributed by atoms with Gasteiger partial charge in [-0.1, -0.05) is 6.07 Å². The van der Waals surface area contributed by atoms with Crippen LogP contribution in [0.15, 0.2) is 18.2 Å². The lowest BCUT2D eigenvalue weighted by atomic mass is 10.1. The molecule has 1 aromatic rings. The average molecular weight is 265 g/mol. The van der Waals surface area contributed by atoms with Crippen molar-refractivity contribution in [2.45, 2.75) is 13.1 Å². The first-order valence-electron chi connectivity index (χ1n) is 5.02. The number of alkyl halides is 3. The fourth-order valence-corrected chi connectivity index (χ4v) is 1.35. The van der Waals surface area contributed by atoms with Crippen LogP contribution in [0.4, 0.5) is 23.2 Å². The normalized spacial score (nSPS) is 13.2. The fourth-order valence-electron chi connectivity index (χ4n) is 1.35. The van der Waals surface area contributed by atoms with Crippen LogP contribution in [0.2, 0.25) is 0 Å². The van der Waals surface area contributed by atoms with Crippen LogP contribution in [-0.2, 0) is 4.79 Å². The zero-order valence-electron chi connectivity index (χ0n) is 9.38. The molecule has 2 N–H and O–H groups in total. The number of halogens is 4. The maximum atomic E-state index is 13.1. The summed E-state index contributed by atoms with van der Waals surface area (Å²) in [5.41, 5.74) is 0.286. The zero-order chi connectivity index (χ0) is 13.9. The van der Waals surface area contributed by atoms with Gasteiger partial charge in [0.15, 0.2) is 5.92 Å². The Morgan fingerprint density at radius 2 is 2.06 bits per heavy atom. The summed E-state index contributed by atoms with van der Waals surface area (Å²) < 4.78 is 50.2. The van der Waals surface area contributed by atoms with Gasteiger partial charge in [0.1, 0.15) is 5.82 Å². The molecule has 1 unspecified atom stereocenters. The molecular weight excluding hydrogens is 254 g/mol. The standard InChI is InChI=1S/C11H11F4NO2/c1-6-8(12)3-2-4-9(6)16-5-7(10(17)18)11(13,14)15/h2-4,7,16H,5H2,1H3,(H,17,18). The predicted octanol–water partition coefficient (Wildman–Crippen LogP) is 2.81. The Bertz CT molecular complexity index is 445. The van der Waals surface area contributed by atoms with Crippen molar-refractivity contribution in [3.63, 3.8) is 0 Å². The maximum Gasteiger partial charge on any atom is 0.403 e. The summed E-state index contributed by atoms with van der Waals surface area (Å²) in [4.78, 5) is 10.5. The van der Waals surface area contributed by atoms with Crippen molar-refractivity contribution in [1.29, 1.82) is 0 Å². The summed E-state index contributed by atoms with van der Waals surface area (Å²) in [6.07, 6.45) is -4.85. The van der Waals surface area contributed by atoms with Crippen molar-refractivity contribution in [3.05, 3.63) is 29.6 Å². The van der Waals surface area contributed by atoms with Crippen LogP contribution in [-0.4, -0.2) is 23.8 Å². The van der Waals surface area contributed by atoms with Gasteiger partial charge in [-0.05, 0) is 19.1 Å². The Balaban J connectivity index is 2.80. The number of carbonyl (C=O) groups is 1. The van der Waals surface area contributed by atoms with Crippen LogP contribution in [0.25, 0.3) is 0 Å². The maximum absolute atomic E-state index is 13.1. The molecule has 0 aliphatic rings. The van der Waals surface area contributed by atoms with Crippen LogP contribution in [0, 0.1) is 18.7 Å². The molecule has 1 rings (SSSR count). The minimum atomic E-state index is -4.85. The van der Waals surface area contributed by atoms with Crippen LogP contribution in [0.3, 0.4) is 0 Å². The van der Waals surface area contributed by atoms with E-state index in [1.165, 1.54) is 25.1 Å². The van der Waals surface area contributed by atoms with Gasteiger partial charge < -0.3 is 10.4 Å². The first-order valence-corrected chi connectivity index (χ1v) is 5.02. The van der Waals surface area contributed by atoms with E-state index >= 15 is 0 Å². The first-order chi connectivity index (χ1) is 8.23. The monoisotopic (exact) mass is 265 g/mol. The Labute approximate surface area is 100 Å². The summed E-state index contributed by atoms with van der Waals surface area (Å²) in [7, 11) is 0. The molecule has 0 aliphatic carbocycles. The lowest BCUT2D eigenvalue weighted by Crippen LogP contribution is -2.36. The molecule has 0 saturated heterocycles. The Morgan fingerprint density at radius 1 is 1.44 bits per heavy atom. The van der Waals surface area contributed by atoms with Crippen LogP contribution < -0.4 is 5.32 Å². The third kappa shape index (κ3) is 3.35. The zero-order valence-corrected chi connectivity index (χ0v) is 9.38. The van der Waals surface area contributed by atoms with E-state index in [-0.39, 0.29) is 11.3 Å². The average Bonchev–Trinajstić information content (AvgIpc) is 2.22. The molecule has 3 nitrogen and oxygen atoms in total. The molecule has 7 heteroatoms. The molecule has 0 radical (unpaired) electrons. The van der Waals surface area contributed by atoms with Crippen LogP contribution in [0.5, 0.6) is 0 Å². The van der Waals surface area contributed by atoms with Crippen molar-refractivity contribution in [2.24, 2.45) is 5.92 Å². The number of anilines is 1. The highest BCUT2D eigenvalue weighted by molar-refractivity contribution is 5.72. The third-order valence-electron chi connectivity index (χ3n) is 2.46. The summed E-state index contributed by atoms with van der Waals surface area (Å²) in [5.74, 6) is -5.07. The molecule has 0 spiro atoms. The van der Waals surface area contributed by atoms with E-state index in [4.69, 9.17) is 5.11 Å². The minimum absolute atomic E-state index is 0.142. The molecule has 0 bridgehead atoms. The van der Waals surface area contributed by atoms with Crippen molar-refractivity contribution < 1.29 is 27.5 Å². The largest absolute Gasteiger partial charge is 0.481 e. The van der Waals surface area contributed by atoms with Crippen LogP contribution in [0.1, 0.15) is 5.56 Å². The van der Waals surface area contributed by atoms with E-state index in [0.29, 0.717) is 0 Å². The lowest BCUT2D eigenvalue weighted by Gasteiger charge is -2.18. The quantitative estimate of drug-likeness (QED) is 0.823. The third-order valence-corrected chi connectivity index (χ3v) is 2.46. The SMILES string of the molecule is Cc1c(F)cccc1NCC(C(=O)O)C(F)(F)F. The summed E-state index contributed by atoms with van der Waals surface area (Å²) in [6.45, 7) is 0.546. The molecule has 0 aromatic heterocycles. The molecule has 0 aliphatic heterocycles. The number of carboxylic acids is 1. The van der Waals surface area contributed by atoms with Crippen molar-refractivity contribution >= 4 is 11.7 Å². The van der Waals surface area contributed by atoms with Crippen molar-refractivity contribution in [2.75, 3.05) is 11.9 Å². The Kier molecular flexibility index (Phi) is 4.15. The van der Waals surface area contributed by atoms with Gasteiger partial charge in [0.25, 0.3) is 0 Å². The highest BCUT2D eigenvalue weighted by Gasteiger charge is 2.44. The van der Waals surface area contributed by atoms with Gasteiger partial charge >= 0.3 is 12.1 Å². The lowest BCUT2D eigenvalue weighted by molar-refractivity contribution is -0.190. The molecule has 0 amide bonds. The van der Waals surface area contributed by atoms with Gasteiger partial charge in [-0.3, -0.25) is 4.79 Å². The van der Waals surface area contributed by atoms with E-state index in [2.05, 4.69) is 5.32 Å². The topological polar surface area (TPSA) is 49.3 Å².